The van der Waals surface area contributed by atoms with Crippen LogP contribution in [0.4, 0.5) is 5.69 Å². The highest BCUT2D eigenvalue weighted by Crippen LogP contribution is 2.20. The molecule has 0 bridgehead atoms. The SMILES string of the molecule is CC(=O)NCCNC(=O)CCCC(=O)Nc1cccc(-c2nnc(-c3ccc(C)cc3)nn2)c1. The minimum absolute atomic E-state index is 0.145. The molecule has 0 saturated carbocycles. The molecule has 176 valence electrons. The molecule has 3 N–H and O–H groups in total. The topological polar surface area (TPSA) is 139 Å². The van der Waals surface area contributed by atoms with Crippen LogP contribution in [0.2, 0.25) is 0 Å². The smallest absolute Gasteiger partial charge is 0.224 e. The number of hydrogen-bond donors (Lipinski definition) is 3. The largest absolute Gasteiger partial charge is 0.355 e. The number of amides is 3. The van der Waals surface area contributed by atoms with E-state index in [1.807, 2.05) is 37.3 Å². The summed E-state index contributed by atoms with van der Waals surface area (Å²) >= 11 is 0. The predicted molar refractivity (Wildman–Crippen MR) is 127 cm³/mol. The summed E-state index contributed by atoms with van der Waals surface area (Å²) in [4.78, 5) is 34.8. The van der Waals surface area contributed by atoms with E-state index >= 15 is 0 Å². The van der Waals surface area contributed by atoms with E-state index in [9.17, 15) is 14.4 Å². The maximum atomic E-state index is 12.3. The fourth-order valence-corrected chi connectivity index (χ4v) is 3.06. The first kappa shape index (κ1) is 24.4. The van der Waals surface area contributed by atoms with Crippen LogP contribution in [-0.4, -0.2) is 51.2 Å². The van der Waals surface area contributed by atoms with Crippen molar-refractivity contribution in [1.29, 1.82) is 0 Å². The molecule has 0 atom stereocenters. The van der Waals surface area contributed by atoms with Gasteiger partial charge in [-0.25, -0.2) is 0 Å². The Labute approximate surface area is 197 Å². The van der Waals surface area contributed by atoms with Crippen LogP contribution < -0.4 is 16.0 Å². The fraction of sp³-hybridized carbons (Fsp3) is 0.292. The van der Waals surface area contributed by atoms with E-state index in [0.717, 1.165) is 11.1 Å². The van der Waals surface area contributed by atoms with E-state index in [0.29, 0.717) is 42.4 Å². The summed E-state index contributed by atoms with van der Waals surface area (Å²) in [7, 11) is 0. The number of aromatic nitrogens is 4. The highest BCUT2D eigenvalue weighted by molar-refractivity contribution is 5.91. The Hall–Kier alpha value is -4.21. The van der Waals surface area contributed by atoms with Crippen molar-refractivity contribution in [2.24, 2.45) is 0 Å². The molecule has 0 aliphatic rings. The summed E-state index contributed by atoms with van der Waals surface area (Å²) in [5.74, 6) is 0.282. The van der Waals surface area contributed by atoms with Crippen molar-refractivity contribution in [3.8, 4) is 22.8 Å². The molecule has 3 rings (SSSR count). The van der Waals surface area contributed by atoms with Crippen LogP contribution in [-0.2, 0) is 14.4 Å². The lowest BCUT2D eigenvalue weighted by Crippen LogP contribution is -2.33. The number of nitrogens with one attached hydrogen (secondary N) is 3. The van der Waals surface area contributed by atoms with Crippen molar-refractivity contribution < 1.29 is 14.4 Å². The number of aryl methyl sites for hydroxylation is 1. The molecule has 0 unspecified atom stereocenters. The second-order valence-electron chi connectivity index (χ2n) is 7.73. The van der Waals surface area contributed by atoms with Gasteiger partial charge in [-0.05, 0) is 25.5 Å². The Kier molecular flexibility index (Phi) is 8.73. The van der Waals surface area contributed by atoms with Crippen LogP contribution in [0, 0.1) is 6.92 Å². The van der Waals surface area contributed by atoms with Crippen LogP contribution in [0.15, 0.2) is 48.5 Å². The lowest BCUT2D eigenvalue weighted by Gasteiger charge is -2.08. The molecule has 1 heterocycles. The number of rotatable bonds is 10. The molecule has 3 aromatic rings. The van der Waals surface area contributed by atoms with Crippen LogP contribution in [0.3, 0.4) is 0 Å². The molecular formula is C24H27N7O3. The maximum absolute atomic E-state index is 12.3. The van der Waals surface area contributed by atoms with Crippen molar-refractivity contribution in [2.75, 3.05) is 18.4 Å². The van der Waals surface area contributed by atoms with Crippen molar-refractivity contribution in [1.82, 2.24) is 31.0 Å². The van der Waals surface area contributed by atoms with Gasteiger partial charge in [0.2, 0.25) is 29.4 Å². The third kappa shape index (κ3) is 7.73. The lowest BCUT2D eigenvalue weighted by molar-refractivity contribution is -0.122. The first-order chi connectivity index (χ1) is 16.4. The van der Waals surface area contributed by atoms with Crippen molar-refractivity contribution >= 4 is 23.4 Å². The summed E-state index contributed by atoms with van der Waals surface area (Å²) in [5, 5.41) is 24.8. The highest BCUT2D eigenvalue weighted by Gasteiger charge is 2.09. The second kappa shape index (κ2) is 12.1. The van der Waals surface area contributed by atoms with Gasteiger partial charge in [-0.15, -0.1) is 20.4 Å². The molecule has 0 aliphatic heterocycles. The van der Waals surface area contributed by atoms with Gasteiger partial charge in [0.1, 0.15) is 0 Å². The summed E-state index contributed by atoms with van der Waals surface area (Å²) in [6.07, 6.45) is 0.842. The third-order valence-electron chi connectivity index (χ3n) is 4.82. The summed E-state index contributed by atoms with van der Waals surface area (Å²) in [6, 6.07) is 14.9. The number of carbonyl (C=O) groups is 3. The minimum Gasteiger partial charge on any atom is -0.355 e. The zero-order valence-corrected chi connectivity index (χ0v) is 19.2. The predicted octanol–water partition coefficient (Wildman–Crippen LogP) is 2.27. The van der Waals surface area contributed by atoms with Gasteiger partial charge in [0.25, 0.3) is 0 Å². The number of hydrogen-bond acceptors (Lipinski definition) is 7. The Morgan fingerprint density at radius 2 is 1.38 bits per heavy atom. The minimum atomic E-state index is -0.199. The van der Waals surface area contributed by atoms with Gasteiger partial charge in [0, 0.05) is 49.7 Å². The number of benzene rings is 2. The average Bonchev–Trinajstić information content (AvgIpc) is 2.82. The molecule has 0 radical (unpaired) electrons. The Bertz CT molecular complexity index is 1130. The van der Waals surface area contributed by atoms with Crippen molar-refractivity contribution in [3.63, 3.8) is 0 Å². The van der Waals surface area contributed by atoms with Gasteiger partial charge < -0.3 is 16.0 Å². The van der Waals surface area contributed by atoms with Crippen LogP contribution in [0.25, 0.3) is 22.8 Å². The van der Waals surface area contributed by atoms with Gasteiger partial charge in [0.15, 0.2) is 0 Å². The quantitative estimate of drug-likeness (QED) is 0.394. The van der Waals surface area contributed by atoms with Crippen molar-refractivity contribution in [3.05, 3.63) is 54.1 Å². The molecule has 0 aliphatic carbocycles. The van der Waals surface area contributed by atoms with E-state index in [-0.39, 0.29) is 30.6 Å². The molecule has 0 saturated heterocycles. The summed E-state index contributed by atoms with van der Waals surface area (Å²) in [5.41, 5.74) is 3.24. The fourth-order valence-electron chi connectivity index (χ4n) is 3.06. The number of carbonyl (C=O) groups excluding carboxylic acids is 3. The first-order valence-corrected chi connectivity index (χ1v) is 11.0. The Balaban J connectivity index is 1.48. The van der Waals surface area contributed by atoms with Crippen LogP contribution in [0.5, 0.6) is 0 Å². The molecule has 10 nitrogen and oxygen atoms in total. The maximum Gasteiger partial charge on any atom is 0.224 e. The second-order valence-corrected chi connectivity index (χ2v) is 7.73. The van der Waals surface area contributed by atoms with Crippen molar-refractivity contribution in [2.45, 2.75) is 33.1 Å². The molecule has 1 aromatic heterocycles. The van der Waals surface area contributed by atoms with Gasteiger partial charge >= 0.3 is 0 Å². The molecule has 0 spiro atoms. The highest BCUT2D eigenvalue weighted by atomic mass is 16.2. The first-order valence-electron chi connectivity index (χ1n) is 11.0. The molecule has 0 fully saturated rings. The number of anilines is 1. The Morgan fingerprint density at radius 3 is 2.06 bits per heavy atom. The van der Waals surface area contributed by atoms with Crippen LogP contribution in [0.1, 0.15) is 31.7 Å². The lowest BCUT2D eigenvalue weighted by atomic mass is 10.1. The molecule has 34 heavy (non-hydrogen) atoms. The zero-order chi connectivity index (χ0) is 24.3. The summed E-state index contributed by atoms with van der Waals surface area (Å²) in [6.45, 7) is 4.15. The van der Waals surface area contributed by atoms with E-state index in [1.54, 1.807) is 18.2 Å². The standard InChI is InChI=1S/C24H27N7O3/c1-16-9-11-18(12-10-16)23-28-30-24(31-29-23)19-5-3-6-20(15-19)27-22(34)8-4-7-21(33)26-14-13-25-17(2)32/h3,5-6,9-12,15H,4,7-8,13-14H2,1-2H3,(H,25,32)(H,26,33)(H,27,34). The Morgan fingerprint density at radius 1 is 0.765 bits per heavy atom. The van der Waals surface area contributed by atoms with E-state index in [2.05, 4.69) is 36.3 Å². The monoisotopic (exact) mass is 461 g/mol. The van der Waals surface area contributed by atoms with Gasteiger partial charge in [0.05, 0.1) is 0 Å². The molecule has 2 aromatic carbocycles. The molecular weight excluding hydrogens is 434 g/mol. The van der Waals surface area contributed by atoms with Gasteiger partial charge in [-0.3, -0.25) is 14.4 Å². The van der Waals surface area contributed by atoms with E-state index in [1.165, 1.54) is 6.92 Å². The summed E-state index contributed by atoms with van der Waals surface area (Å²) < 4.78 is 0. The van der Waals surface area contributed by atoms with Crippen LogP contribution >= 0.6 is 0 Å². The normalized spacial score (nSPS) is 10.4. The zero-order valence-electron chi connectivity index (χ0n) is 19.2. The third-order valence-corrected chi connectivity index (χ3v) is 4.82. The van der Waals surface area contributed by atoms with E-state index in [4.69, 9.17) is 0 Å². The van der Waals surface area contributed by atoms with Gasteiger partial charge in [-0.2, -0.15) is 0 Å². The molecule has 3 amide bonds. The average molecular weight is 462 g/mol. The van der Waals surface area contributed by atoms with Gasteiger partial charge in [-0.1, -0.05) is 42.0 Å². The van der Waals surface area contributed by atoms with E-state index < -0.39 is 0 Å². The number of nitrogens with zero attached hydrogens (tertiary/aromatic N) is 4. The molecule has 10 heteroatoms.